The Morgan fingerprint density at radius 2 is 2.15 bits per heavy atom. The fraction of sp³-hybridized carbons (Fsp3) is 0.538. The van der Waals surface area contributed by atoms with Crippen LogP contribution in [0.15, 0.2) is 18.2 Å². The highest BCUT2D eigenvalue weighted by atomic mass is 14.2. The molecule has 0 heterocycles. The SMILES string of the molecule is CCc1cc[c]c(C2CCCC2)c1. The minimum Gasteiger partial charge on any atom is -0.0613 e. The zero-order valence-electron chi connectivity index (χ0n) is 8.34. The monoisotopic (exact) mass is 173 g/mol. The molecule has 0 aromatic heterocycles. The normalized spacial score (nSPS) is 17.9. The first kappa shape index (κ1) is 8.80. The number of hydrogen-bond donors (Lipinski definition) is 0. The smallest absolute Gasteiger partial charge is 0.0146 e. The van der Waals surface area contributed by atoms with Crippen LogP contribution in [0.3, 0.4) is 0 Å². The van der Waals surface area contributed by atoms with Gasteiger partial charge in [0.15, 0.2) is 0 Å². The third kappa shape index (κ3) is 1.93. The number of aryl methyl sites for hydroxylation is 1. The van der Waals surface area contributed by atoms with Gasteiger partial charge in [-0.3, -0.25) is 0 Å². The summed E-state index contributed by atoms with van der Waals surface area (Å²) in [5, 5.41) is 0. The van der Waals surface area contributed by atoms with Gasteiger partial charge in [-0.15, -0.1) is 0 Å². The average molecular weight is 173 g/mol. The van der Waals surface area contributed by atoms with Gasteiger partial charge in [0.2, 0.25) is 0 Å². The molecule has 13 heavy (non-hydrogen) atoms. The van der Waals surface area contributed by atoms with Crippen molar-refractivity contribution >= 4 is 0 Å². The van der Waals surface area contributed by atoms with Crippen molar-refractivity contribution in [2.24, 2.45) is 0 Å². The largest absolute Gasteiger partial charge is 0.0613 e. The fourth-order valence-electron chi connectivity index (χ4n) is 2.23. The van der Waals surface area contributed by atoms with Crippen LogP contribution in [-0.4, -0.2) is 0 Å². The summed E-state index contributed by atoms with van der Waals surface area (Å²) in [6.45, 7) is 2.22. The Bertz CT molecular complexity index is 269. The minimum atomic E-state index is 0.812. The molecule has 1 aliphatic rings. The molecule has 1 radical (unpaired) electrons. The van der Waals surface area contributed by atoms with E-state index in [4.69, 9.17) is 0 Å². The summed E-state index contributed by atoms with van der Waals surface area (Å²) in [7, 11) is 0. The van der Waals surface area contributed by atoms with Crippen LogP contribution in [-0.2, 0) is 6.42 Å². The molecule has 2 rings (SSSR count). The molecule has 0 nitrogen and oxygen atoms in total. The first-order valence-electron chi connectivity index (χ1n) is 5.40. The predicted octanol–water partition coefficient (Wildman–Crippen LogP) is 3.71. The summed E-state index contributed by atoms with van der Waals surface area (Å²) in [6.07, 6.45) is 6.73. The number of hydrogen-bond acceptors (Lipinski definition) is 0. The predicted molar refractivity (Wildman–Crippen MR) is 55.9 cm³/mol. The van der Waals surface area contributed by atoms with Crippen molar-refractivity contribution in [3.63, 3.8) is 0 Å². The first-order chi connectivity index (χ1) is 6.40. The maximum Gasteiger partial charge on any atom is -0.0146 e. The molecule has 0 atom stereocenters. The Morgan fingerprint density at radius 3 is 2.85 bits per heavy atom. The van der Waals surface area contributed by atoms with E-state index in [2.05, 4.69) is 31.2 Å². The maximum absolute atomic E-state index is 3.39. The van der Waals surface area contributed by atoms with Crippen molar-refractivity contribution in [2.45, 2.75) is 44.9 Å². The average Bonchev–Trinajstić information content (AvgIpc) is 2.71. The second kappa shape index (κ2) is 3.95. The van der Waals surface area contributed by atoms with E-state index in [1.807, 2.05) is 0 Å². The van der Waals surface area contributed by atoms with E-state index in [1.165, 1.54) is 36.8 Å². The lowest BCUT2D eigenvalue weighted by Gasteiger charge is -2.09. The van der Waals surface area contributed by atoms with Crippen LogP contribution < -0.4 is 0 Å². The third-order valence-electron chi connectivity index (χ3n) is 3.09. The highest BCUT2D eigenvalue weighted by Gasteiger charge is 2.16. The van der Waals surface area contributed by atoms with Gasteiger partial charge in [0.05, 0.1) is 0 Å². The van der Waals surface area contributed by atoms with Gasteiger partial charge < -0.3 is 0 Å². The van der Waals surface area contributed by atoms with Crippen molar-refractivity contribution in [3.05, 3.63) is 35.4 Å². The fourth-order valence-corrected chi connectivity index (χ4v) is 2.23. The Labute approximate surface area is 81.0 Å². The second-order valence-electron chi connectivity index (χ2n) is 3.99. The van der Waals surface area contributed by atoms with Gasteiger partial charge in [-0.1, -0.05) is 38.0 Å². The van der Waals surface area contributed by atoms with Crippen molar-refractivity contribution in [1.29, 1.82) is 0 Å². The molecule has 1 aliphatic carbocycles. The molecule has 1 aromatic carbocycles. The van der Waals surface area contributed by atoms with E-state index in [0.717, 1.165) is 12.3 Å². The maximum atomic E-state index is 3.39. The highest BCUT2D eigenvalue weighted by molar-refractivity contribution is 5.25. The van der Waals surface area contributed by atoms with Crippen molar-refractivity contribution in [3.8, 4) is 0 Å². The summed E-state index contributed by atoms with van der Waals surface area (Å²) >= 11 is 0. The van der Waals surface area contributed by atoms with Crippen LogP contribution >= 0.6 is 0 Å². The van der Waals surface area contributed by atoms with Crippen LogP contribution in [0.5, 0.6) is 0 Å². The molecule has 0 amide bonds. The van der Waals surface area contributed by atoms with Crippen molar-refractivity contribution < 1.29 is 0 Å². The van der Waals surface area contributed by atoms with E-state index in [1.54, 1.807) is 0 Å². The Morgan fingerprint density at radius 1 is 1.38 bits per heavy atom. The molecule has 0 bridgehead atoms. The lowest BCUT2D eigenvalue weighted by atomic mass is 9.95. The molecule has 1 fully saturated rings. The molecule has 0 saturated heterocycles. The van der Waals surface area contributed by atoms with E-state index < -0.39 is 0 Å². The lowest BCUT2D eigenvalue weighted by Crippen LogP contribution is -1.93. The van der Waals surface area contributed by atoms with Gasteiger partial charge >= 0.3 is 0 Å². The van der Waals surface area contributed by atoms with Gasteiger partial charge in [-0.05, 0) is 42.4 Å². The minimum absolute atomic E-state index is 0.812. The molecule has 69 valence electrons. The van der Waals surface area contributed by atoms with Crippen molar-refractivity contribution in [1.82, 2.24) is 0 Å². The van der Waals surface area contributed by atoms with Crippen LogP contribution in [0.4, 0.5) is 0 Å². The van der Waals surface area contributed by atoms with Crippen LogP contribution in [0.25, 0.3) is 0 Å². The van der Waals surface area contributed by atoms with Crippen LogP contribution in [0.2, 0.25) is 0 Å². The molecule has 0 spiro atoms. The van der Waals surface area contributed by atoms with E-state index in [0.29, 0.717) is 0 Å². The number of benzene rings is 1. The van der Waals surface area contributed by atoms with Gasteiger partial charge in [-0.2, -0.15) is 0 Å². The molecule has 0 heteroatoms. The molecule has 0 N–H and O–H groups in total. The van der Waals surface area contributed by atoms with Gasteiger partial charge in [0.25, 0.3) is 0 Å². The van der Waals surface area contributed by atoms with Crippen molar-refractivity contribution in [2.75, 3.05) is 0 Å². The van der Waals surface area contributed by atoms with Gasteiger partial charge in [0, 0.05) is 0 Å². The molecule has 0 unspecified atom stereocenters. The van der Waals surface area contributed by atoms with Gasteiger partial charge in [0.1, 0.15) is 0 Å². The quantitative estimate of drug-likeness (QED) is 0.639. The molecule has 1 saturated carbocycles. The highest BCUT2D eigenvalue weighted by Crippen LogP contribution is 2.33. The summed E-state index contributed by atoms with van der Waals surface area (Å²) < 4.78 is 0. The third-order valence-corrected chi connectivity index (χ3v) is 3.09. The lowest BCUT2D eigenvalue weighted by molar-refractivity contribution is 0.720. The molecular weight excluding hydrogens is 156 g/mol. The molecule has 1 aromatic rings. The standard InChI is InChI=1S/C13H17/c1-2-11-6-5-9-13(10-11)12-7-3-4-8-12/h5-6,10,12H,2-4,7-8H2,1H3. The van der Waals surface area contributed by atoms with Crippen LogP contribution in [0.1, 0.15) is 49.7 Å². The Balaban J connectivity index is 2.18. The molecular formula is C13H17. The van der Waals surface area contributed by atoms with E-state index in [-0.39, 0.29) is 0 Å². The van der Waals surface area contributed by atoms with E-state index >= 15 is 0 Å². The second-order valence-corrected chi connectivity index (χ2v) is 3.99. The molecule has 0 aliphatic heterocycles. The summed E-state index contributed by atoms with van der Waals surface area (Å²) in [4.78, 5) is 0. The Kier molecular flexibility index (Phi) is 2.68. The van der Waals surface area contributed by atoms with Crippen LogP contribution in [0, 0.1) is 6.07 Å². The summed E-state index contributed by atoms with van der Waals surface area (Å²) in [5.41, 5.74) is 2.91. The number of rotatable bonds is 2. The zero-order valence-corrected chi connectivity index (χ0v) is 8.34. The Hall–Kier alpha value is -0.780. The topological polar surface area (TPSA) is 0 Å². The van der Waals surface area contributed by atoms with Gasteiger partial charge in [-0.25, -0.2) is 0 Å². The summed E-state index contributed by atoms with van der Waals surface area (Å²) in [5.74, 6) is 0.812. The van der Waals surface area contributed by atoms with E-state index in [9.17, 15) is 0 Å². The summed E-state index contributed by atoms with van der Waals surface area (Å²) in [6, 6.07) is 10.00. The first-order valence-corrected chi connectivity index (χ1v) is 5.40. The zero-order chi connectivity index (χ0) is 9.10.